The van der Waals surface area contributed by atoms with Crippen LogP contribution in [-0.4, -0.2) is 12.1 Å². The van der Waals surface area contributed by atoms with Crippen LogP contribution in [0.2, 0.25) is 0 Å². The summed E-state index contributed by atoms with van der Waals surface area (Å²) in [7, 11) is 0. The van der Waals surface area contributed by atoms with Crippen LogP contribution in [0.3, 0.4) is 0 Å². The molecule has 1 aromatic rings. The van der Waals surface area contributed by atoms with Gasteiger partial charge in [0.2, 0.25) is 0 Å². The van der Waals surface area contributed by atoms with Gasteiger partial charge in [0, 0.05) is 12.1 Å². The molecule has 0 atom stereocenters. The minimum Gasteiger partial charge on any atom is -0.381 e. The van der Waals surface area contributed by atoms with Crippen molar-refractivity contribution in [1.82, 2.24) is 0 Å². The second kappa shape index (κ2) is 3.00. The maximum absolute atomic E-state index is 13.1. The zero-order valence-corrected chi connectivity index (χ0v) is 7.39. The Morgan fingerprint density at radius 3 is 2.69 bits per heavy atom. The van der Waals surface area contributed by atoms with Crippen LogP contribution < -0.4 is 11.1 Å². The fraction of sp³-hybridized carbons (Fsp3) is 0.400. The van der Waals surface area contributed by atoms with Crippen molar-refractivity contribution in [1.29, 1.82) is 0 Å². The second-order valence-electron chi connectivity index (χ2n) is 3.70. The van der Waals surface area contributed by atoms with E-state index < -0.39 is 0 Å². The molecule has 0 spiro atoms. The Hall–Kier alpha value is -1.09. The van der Waals surface area contributed by atoms with Crippen LogP contribution in [0.5, 0.6) is 0 Å². The normalized spacial score (nSPS) is 18.3. The number of hydrogen-bond acceptors (Lipinski definition) is 2. The molecule has 1 aliphatic carbocycles. The Morgan fingerprint density at radius 1 is 1.38 bits per heavy atom. The highest BCUT2D eigenvalue weighted by atomic mass is 19.1. The molecule has 0 aromatic heterocycles. The molecule has 2 rings (SSSR count). The highest BCUT2D eigenvalue weighted by molar-refractivity contribution is 5.45. The van der Waals surface area contributed by atoms with Crippen LogP contribution in [-0.2, 0) is 0 Å². The fourth-order valence-corrected chi connectivity index (χ4v) is 1.21. The van der Waals surface area contributed by atoms with E-state index in [9.17, 15) is 4.39 Å². The lowest BCUT2D eigenvalue weighted by Gasteiger charge is -2.11. The van der Waals surface area contributed by atoms with Crippen LogP contribution in [0.25, 0.3) is 0 Å². The summed E-state index contributed by atoms with van der Waals surface area (Å²) in [5, 5.41) is 3.02. The number of benzene rings is 1. The van der Waals surface area contributed by atoms with Crippen molar-refractivity contribution in [3.8, 4) is 0 Å². The van der Waals surface area contributed by atoms with Crippen LogP contribution in [0, 0.1) is 5.82 Å². The van der Waals surface area contributed by atoms with Crippen molar-refractivity contribution in [3.63, 3.8) is 0 Å². The van der Waals surface area contributed by atoms with Gasteiger partial charge < -0.3 is 11.1 Å². The molecular weight excluding hydrogens is 167 g/mol. The topological polar surface area (TPSA) is 38.0 Å². The zero-order valence-electron chi connectivity index (χ0n) is 7.39. The number of hydrogen-bond donors (Lipinski definition) is 2. The Balaban J connectivity index is 1.97. The molecule has 0 unspecified atom stereocenters. The van der Waals surface area contributed by atoms with Gasteiger partial charge in [-0.1, -0.05) is 12.1 Å². The minimum absolute atomic E-state index is 0.0811. The van der Waals surface area contributed by atoms with Gasteiger partial charge in [0.25, 0.3) is 0 Å². The number of halogens is 1. The van der Waals surface area contributed by atoms with E-state index in [-0.39, 0.29) is 11.4 Å². The Bertz CT molecular complexity index is 308. The molecule has 70 valence electrons. The summed E-state index contributed by atoms with van der Waals surface area (Å²) in [5.74, 6) is -0.216. The summed E-state index contributed by atoms with van der Waals surface area (Å²) < 4.78 is 13.1. The first-order valence-electron chi connectivity index (χ1n) is 4.47. The molecule has 3 heteroatoms. The molecule has 1 fully saturated rings. The van der Waals surface area contributed by atoms with E-state index in [0.29, 0.717) is 12.2 Å². The molecule has 13 heavy (non-hydrogen) atoms. The zero-order chi connectivity index (χ0) is 9.31. The first-order chi connectivity index (χ1) is 6.20. The van der Waals surface area contributed by atoms with Crippen molar-refractivity contribution in [2.24, 2.45) is 5.73 Å². The lowest BCUT2D eigenvalue weighted by Crippen LogP contribution is -2.31. The summed E-state index contributed by atoms with van der Waals surface area (Å²) in [6.45, 7) is 0.661. The van der Waals surface area contributed by atoms with Crippen LogP contribution >= 0.6 is 0 Å². The largest absolute Gasteiger partial charge is 0.381 e. The Labute approximate surface area is 76.9 Å². The molecule has 1 aromatic carbocycles. The third-order valence-electron chi connectivity index (χ3n) is 2.40. The Kier molecular flexibility index (Phi) is 1.96. The second-order valence-corrected chi connectivity index (χ2v) is 3.70. The van der Waals surface area contributed by atoms with Gasteiger partial charge in [-0.2, -0.15) is 0 Å². The quantitative estimate of drug-likeness (QED) is 0.743. The lowest BCUT2D eigenvalue weighted by molar-refractivity contribution is 0.626. The molecule has 0 saturated heterocycles. The first-order valence-corrected chi connectivity index (χ1v) is 4.47. The highest BCUT2D eigenvalue weighted by Gasteiger charge is 2.37. The van der Waals surface area contributed by atoms with Gasteiger partial charge in [0.1, 0.15) is 5.82 Å². The van der Waals surface area contributed by atoms with Crippen LogP contribution in [0.1, 0.15) is 12.8 Å². The molecule has 0 amide bonds. The van der Waals surface area contributed by atoms with Gasteiger partial charge in [0.05, 0.1) is 5.69 Å². The molecule has 0 aliphatic heterocycles. The molecule has 1 saturated carbocycles. The number of rotatable bonds is 3. The van der Waals surface area contributed by atoms with Crippen molar-refractivity contribution in [2.75, 3.05) is 11.9 Å². The van der Waals surface area contributed by atoms with Crippen LogP contribution in [0.15, 0.2) is 24.3 Å². The predicted molar refractivity (Wildman–Crippen MR) is 51.0 cm³/mol. The average Bonchev–Trinajstić information content (AvgIpc) is 2.83. The summed E-state index contributed by atoms with van der Waals surface area (Å²) in [6, 6.07) is 6.65. The van der Waals surface area contributed by atoms with Crippen molar-refractivity contribution in [2.45, 2.75) is 18.4 Å². The van der Waals surface area contributed by atoms with E-state index in [1.54, 1.807) is 12.1 Å². The van der Waals surface area contributed by atoms with E-state index in [1.165, 1.54) is 6.07 Å². The predicted octanol–water partition coefficient (Wildman–Crippen LogP) is 1.73. The number of nitrogens with one attached hydrogen (secondary N) is 1. The van der Waals surface area contributed by atoms with Crippen molar-refractivity contribution in [3.05, 3.63) is 30.1 Å². The SMILES string of the molecule is NC1(CNc2ccccc2F)CC1. The maximum atomic E-state index is 13.1. The van der Waals surface area contributed by atoms with Crippen molar-refractivity contribution < 1.29 is 4.39 Å². The standard InChI is InChI=1S/C10H13FN2/c11-8-3-1-2-4-9(8)13-7-10(12)5-6-10/h1-4,13H,5-7,12H2. The molecule has 0 bridgehead atoms. The van der Waals surface area contributed by atoms with Gasteiger partial charge in [-0.05, 0) is 25.0 Å². The number of nitrogens with two attached hydrogens (primary N) is 1. The van der Waals surface area contributed by atoms with Gasteiger partial charge >= 0.3 is 0 Å². The van der Waals surface area contributed by atoms with Crippen molar-refractivity contribution >= 4 is 5.69 Å². The summed E-state index contributed by atoms with van der Waals surface area (Å²) in [6.07, 6.45) is 2.07. The molecule has 0 heterocycles. The molecule has 2 nitrogen and oxygen atoms in total. The van der Waals surface area contributed by atoms with E-state index in [4.69, 9.17) is 5.73 Å². The van der Waals surface area contributed by atoms with E-state index in [0.717, 1.165) is 12.8 Å². The highest BCUT2D eigenvalue weighted by Crippen LogP contribution is 2.32. The Morgan fingerprint density at radius 2 is 2.08 bits per heavy atom. The third-order valence-corrected chi connectivity index (χ3v) is 2.40. The molecule has 0 radical (unpaired) electrons. The van der Waals surface area contributed by atoms with Gasteiger partial charge in [0.15, 0.2) is 0 Å². The summed E-state index contributed by atoms with van der Waals surface area (Å²) in [4.78, 5) is 0. The first kappa shape index (κ1) is 8.51. The monoisotopic (exact) mass is 180 g/mol. The van der Waals surface area contributed by atoms with E-state index in [1.807, 2.05) is 6.07 Å². The minimum atomic E-state index is -0.216. The van der Waals surface area contributed by atoms with Crippen LogP contribution in [0.4, 0.5) is 10.1 Å². The summed E-state index contributed by atoms with van der Waals surface area (Å²) >= 11 is 0. The number of anilines is 1. The third kappa shape index (κ3) is 1.98. The fourth-order valence-electron chi connectivity index (χ4n) is 1.21. The number of para-hydroxylation sites is 1. The van der Waals surface area contributed by atoms with Gasteiger partial charge in [-0.25, -0.2) is 4.39 Å². The average molecular weight is 180 g/mol. The maximum Gasteiger partial charge on any atom is 0.146 e. The molecule has 3 N–H and O–H groups in total. The van der Waals surface area contributed by atoms with E-state index >= 15 is 0 Å². The molecular formula is C10H13FN2. The van der Waals surface area contributed by atoms with Gasteiger partial charge in [-0.15, -0.1) is 0 Å². The van der Waals surface area contributed by atoms with E-state index in [2.05, 4.69) is 5.32 Å². The smallest absolute Gasteiger partial charge is 0.146 e. The van der Waals surface area contributed by atoms with Gasteiger partial charge in [-0.3, -0.25) is 0 Å². The summed E-state index contributed by atoms with van der Waals surface area (Å²) in [5.41, 5.74) is 6.32. The lowest BCUT2D eigenvalue weighted by atomic mass is 10.2. The molecule has 1 aliphatic rings.